The number of ketones is 1. The zero-order valence-electron chi connectivity index (χ0n) is 9.23. The van der Waals surface area contributed by atoms with E-state index in [0.717, 1.165) is 12.1 Å². The molecule has 19 heavy (non-hydrogen) atoms. The molecule has 0 fully saturated rings. The highest BCUT2D eigenvalue weighted by molar-refractivity contribution is 8.93. The molecule has 0 radical (unpaired) electrons. The number of carbonyl (C=O) groups is 1. The first-order valence-corrected chi connectivity index (χ1v) is 4.75. The number of aromatic hydroxyl groups is 2. The Morgan fingerprint density at radius 2 is 2.05 bits per heavy atom. The second-order valence-corrected chi connectivity index (χ2v) is 3.39. The van der Waals surface area contributed by atoms with Gasteiger partial charge in [0.05, 0.1) is 4.92 Å². The number of hydrogen-bond acceptors (Lipinski definition) is 6. The molecule has 0 aliphatic rings. The second-order valence-electron chi connectivity index (χ2n) is 3.39. The number of H-pyrrole nitrogens is 1. The van der Waals surface area contributed by atoms with Gasteiger partial charge in [0.1, 0.15) is 0 Å². The minimum absolute atomic E-state index is 0. The molecule has 2 aromatic rings. The van der Waals surface area contributed by atoms with Crippen molar-refractivity contribution < 1.29 is 19.9 Å². The number of nitro benzene ring substituents is 1. The summed E-state index contributed by atoms with van der Waals surface area (Å²) in [7, 11) is 0. The number of hydrogen-bond donors (Lipinski definition) is 3. The Labute approximate surface area is 116 Å². The van der Waals surface area contributed by atoms with Crippen LogP contribution >= 0.6 is 17.0 Å². The van der Waals surface area contributed by atoms with Gasteiger partial charge in [0, 0.05) is 24.0 Å². The molecule has 0 saturated carbocycles. The van der Waals surface area contributed by atoms with Gasteiger partial charge in [-0.05, 0) is 6.07 Å². The number of benzene rings is 1. The van der Waals surface area contributed by atoms with Crippen molar-refractivity contribution in [3.05, 3.63) is 46.0 Å². The van der Waals surface area contributed by atoms with Gasteiger partial charge in [0.2, 0.25) is 11.5 Å². The Kier molecular flexibility index (Phi) is 4.22. The summed E-state index contributed by atoms with van der Waals surface area (Å²) >= 11 is 0. The smallest absolute Gasteiger partial charge is 0.315 e. The molecular weight excluding hydrogens is 322 g/mol. The normalized spacial score (nSPS) is 9.68. The Balaban J connectivity index is 0.00000180. The predicted molar refractivity (Wildman–Crippen MR) is 68.8 cm³/mol. The van der Waals surface area contributed by atoms with E-state index in [1.54, 1.807) is 0 Å². The van der Waals surface area contributed by atoms with Crippen LogP contribution in [-0.4, -0.2) is 30.9 Å². The minimum Gasteiger partial charge on any atom is -0.504 e. The standard InChI is InChI=1S/C10H7N3O5.BrH/c14-7-4-5(3-6(9(7)16)13(17)18)8(15)10-11-1-2-12-10;/h1-4,14,16H,(H,11,12);1H. The SMILES string of the molecule is Br.O=C(c1cc(O)c(O)c([N+](=O)[O-])c1)c1ncc[nH]1. The van der Waals surface area contributed by atoms with E-state index in [1.165, 1.54) is 12.4 Å². The summed E-state index contributed by atoms with van der Waals surface area (Å²) < 4.78 is 0. The number of imidazole rings is 1. The van der Waals surface area contributed by atoms with Crippen molar-refractivity contribution in [2.75, 3.05) is 0 Å². The lowest BCUT2D eigenvalue weighted by atomic mass is 10.1. The van der Waals surface area contributed by atoms with Gasteiger partial charge in [-0.1, -0.05) is 0 Å². The number of phenolic OH excluding ortho intramolecular Hbond substituents is 2. The number of phenols is 2. The van der Waals surface area contributed by atoms with Crippen molar-refractivity contribution in [3.8, 4) is 11.5 Å². The number of nitrogens with zero attached hydrogens (tertiary/aromatic N) is 2. The number of rotatable bonds is 3. The summed E-state index contributed by atoms with van der Waals surface area (Å²) in [5, 5.41) is 29.3. The molecular formula is C10H8BrN3O5. The summed E-state index contributed by atoms with van der Waals surface area (Å²) in [5.41, 5.74) is -0.892. The zero-order chi connectivity index (χ0) is 13.3. The molecule has 0 aliphatic carbocycles. The molecule has 0 bridgehead atoms. The summed E-state index contributed by atoms with van der Waals surface area (Å²) in [5.74, 6) is -2.26. The molecule has 2 rings (SSSR count). The van der Waals surface area contributed by atoms with E-state index in [1.807, 2.05) is 0 Å². The molecule has 100 valence electrons. The van der Waals surface area contributed by atoms with Gasteiger partial charge in [-0.15, -0.1) is 17.0 Å². The van der Waals surface area contributed by atoms with Crippen LogP contribution in [0.4, 0.5) is 5.69 Å². The predicted octanol–water partition coefficient (Wildman–Crippen LogP) is 1.54. The lowest BCUT2D eigenvalue weighted by Gasteiger charge is -2.02. The molecule has 9 heteroatoms. The minimum atomic E-state index is -0.895. The summed E-state index contributed by atoms with van der Waals surface area (Å²) in [6, 6.07) is 1.81. The third-order valence-electron chi connectivity index (χ3n) is 2.24. The fourth-order valence-corrected chi connectivity index (χ4v) is 1.40. The van der Waals surface area contributed by atoms with Gasteiger partial charge in [-0.2, -0.15) is 0 Å². The van der Waals surface area contributed by atoms with Crippen LogP contribution < -0.4 is 0 Å². The van der Waals surface area contributed by atoms with Crippen molar-refractivity contribution in [1.82, 2.24) is 9.97 Å². The van der Waals surface area contributed by atoms with Gasteiger partial charge in [0.15, 0.2) is 11.6 Å². The van der Waals surface area contributed by atoms with Crippen molar-refractivity contribution in [2.24, 2.45) is 0 Å². The Morgan fingerprint density at radius 1 is 1.37 bits per heavy atom. The van der Waals surface area contributed by atoms with Crippen LogP contribution in [0.3, 0.4) is 0 Å². The number of aromatic nitrogens is 2. The van der Waals surface area contributed by atoms with E-state index in [0.29, 0.717) is 0 Å². The Bertz CT molecular complexity index is 626. The topological polar surface area (TPSA) is 129 Å². The van der Waals surface area contributed by atoms with E-state index in [4.69, 9.17) is 0 Å². The molecule has 0 saturated heterocycles. The van der Waals surface area contributed by atoms with Crippen LogP contribution in [0.5, 0.6) is 11.5 Å². The van der Waals surface area contributed by atoms with Crippen molar-refractivity contribution in [2.45, 2.75) is 0 Å². The third-order valence-corrected chi connectivity index (χ3v) is 2.24. The van der Waals surface area contributed by atoms with Crippen LogP contribution in [0.2, 0.25) is 0 Å². The van der Waals surface area contributed by atoms with Crippen LogP contribution in [-0.2, 0) is 0 Å². The molecule has 0 unspecified atom stereocenters. The highest BCUT2D eigenvalue weighted by Crippen LogP contribution is 2.36. The Hall–Kier alpha value is -2.42. The maximum atomic E-state index is 11.8. The fraction of sp³-hybridized carbons (Fsp3) is 0. The number of nitrogens with one attached hydrogen (secondary N) is 1. The van der Waals surface area contributed by atoms with Gasteiger partial charge in [-0.25, -0.2) is 4.98 Å². The summed E-state index contributed by atoms with van der Waals surface area (Å²) in [6.07, 6.45) is 2.77. The van der Waals surface area contributed by atoms with Crippen LogP contribution in [0.1, 0.15) is 16.2 Å². The van der Waals surface area contributed by atoms with Crippen molar-refractivity contribution in [1.29, 1.82) is 0 Å². The number of halogens is 1. The quantitative estimate of drug-likeness (QED) is 0.339. The van der Waals surface area contributed by atoms with Crippen molar-refractivity contribution in [3.63, 3.8) is 0 Å². The number of nitro groups is 1. The first kappa shape index (κ1) is 14.6. The molecule has 0 atom stereocenters. The third kappa shape index (κ3) is 2.71. The number of aromatic amines is 1. The van der Waals surface area contributed by atoms with E-state index in [2.05, 4.69) is 9.97 Å². The van der Waals surface area contributed by atoms with E-state index < -0.39 is 27.9 Å². The van der Waals surface area contributed by atoms with Crippen LogP contribution in [0, 0.1) is 10.1 Å². The fourth-order valence-electron chi connectivity index (χ4n) is 1.40. The first-order valence-electron chi connectivity index (χ1n) is 4.75. The van der Waals surface area contributed by atoms with Gasteiger partial charge >= 0.3 is 5.69 Å². The lowest BCUT2D eigenvalue weighted by Crippen LogP contribution is -2.04. The molecule has 8 nitrogen and oxygen atoms in total. The molecule has 0 aliphatic heterocycles. The van der Waals surface area contributed by atoms with Crippen molar-refractivity contribution >= 4 is 28.5 Å². The molecule has 0 spiro atoms. The summed E-state index contributed by atoms with van der Waals surface area (Å²) in [4.78, 5) is 27.8. The van der Waals surface area contributed by atoms with E-state index in [-0.39, 0.29) is 28.4 Å². The monoisotopic (exact) mass is 329 g/mol. The van der Waals surface area contributed by atoms with Gasteiger partial charge in [0.25, 0.3) is 0 Å². The van der Waals surface area contributed by atoms with E-state index in [9.17, 15) is 25.1 Å². The van der Waals surface area contributed by atoms with Crippen LogP contribution in [0.25, 0.3) is 0 Å². The maximum absolute atomic E-state index is 11.8. The molecule has 1 aromatic heterocycles. The first-order chi connectivity index (χ1) is 8.50. The second kappa shape index (κ2) is 5.48. The summed E-state index contributed by atoms with van der Waals surface area (Å²) in [6.45, 7) is 0. The van der Waals surface area contributed by atoms with Crippen LogP contribution in [0.15, 0.2) is 24.5 Å². The average molecular weight is 330 g/mol. The number of carbonyl (C=O) groups excluding carboxylic acids is 1. The molecule has 0 amide bonds. The maximum Gasteiger partial charge on any atom is 0.315 e. The highest BCUT2D eigenvalue weighted by Gasteiger charge is 2.22. The van der Waals surface area contributed by atoms with Gasteiger partial charge < -0.3 is 15.2 Å². The molecule has 1 aromatic carbocycles. The average Bonchev–Trinajstić information content (AvgIpc) is 2.84. The zero-order valence-corrected chi connectivity index (χ0v) is 10.9. The molecule has 1 heterocycles. The highest BCUT2D eigenvalue weighted by atomic mass is 79.9. The van der Waals surface area contributed by atoms with Gasteiger partial charge in [-0.3, -0.25) is 14.9 Å². The largest absolute Gasteiger partial charge is 0.504 e. The lowest BCUT2D eigenvalue weighted by molar-refractivity contribution is -0.386. The molecule has 3 N–H and O–H groups in total. The Morgan fingerprint density at radius 3 is 2.58 bits per heavy atom. The van der Waals surface area contributed by atoms with E-state index >= 15 is 0 Å².